The number of rotatable bonds is 4. The molecule has 1 saturated heterocycles. The van der Waals surface area contributed by atoms with Gasteiger partial charge in [-0.3, -0.25) is 14.4 Å². The Morgan fingerprint density at radius 3 is 2.78 bits per heavy atom. The van der Waals surface area contributed by atoms with Crippen LogP contribution in [0.15, 0.2) is 18.2 Å². The lowest BCUT2D eigenvalue weighted by Crippen LogP contribution is -2.50. The highest BCUT2D eigenvalue weighted by molar-refractivity contribution is 6.23. The molecule has 2 aliphatic rings. The predicted molar refractivity (Wildman–Crippen MR) is 82.1 cm³/mol. The zero-order chi connectivity index (χ0) is 16.6. The minimum atomic E-state index is -0.683. The van der Waals surface area contributed by atoms with Gasteiger partial charge in [0.1, 0.15) is 0 Å². The summed E-state index contributed by atoms with van der Waals surface area (Å²) in [4.78, 5) is 39.3. The molecule has 23 heavy (non-hydrogen) atoms. The van der Waals surface area contributed by atoms with Crippen LogP contribution in [0.1, 0.15) is 27.1 Å². The van der Waals surface area contributed by atoms with Crippen molar-refractivity contribution in [1.82, 2.24) is 15.0 Å². The van der Waals surface area contributed by atoms with E-state index in [1.54, 1.807) is 18.2 Å². The van der Waals surface area contributed by atoms with Crippen LogP contribution in [-0.4, -0.2) is 66.9 Å². The summed E-state index contributed by atoms with van der Waals surface area (Å²) >= 11 is 0. The number of fused-ring (bicyclic) bond motifs is 1. The molecule has 2 aliphatic heterocycles. The molecule has 0 spiro atoms. The van der Waals surface area contributed by atoms with Gasteiger partial charge >= 0.3 is 0 Å². The van der Waals surface area contributed by atoms with Crippen molar-refractivity contribution >= 4 is 17.5 Å². The third-order valence-corrected chi connectivity index (χ3v) is 3.84. The van der Waals surface area contributed by atoms with Gasteiger partial charge in [0.2, 0.25) is 0 Å². The molecular weight excluding hydrogens is 300 g/mol. The SMILES string of the molecule is CN(C)CCN1OCCC(N2C(=O)c3cccc(N)c3C2=O)O1. The first kappa shape index (κ1) is 15.9. The van der Waals surface area contributed by atoms with Crippen molar-refractivity contribution in [1.29, 1.82) is 0 Å². The number of imide groups is 1. The van der Waals surface area contributed by atoms with Gasteiger partial charge in [0.25, 0.3) is 11.8 Å². The summed E-state index contributed by atoms with van der Waals surface area (Å²) in [6.45, 7) is 1.61. The van der Waals surface area contributed by atoms with Crippen LogP contribution in [0.4, 0.5) is 5.69 Å². The van der Waals surface area contributed by atoms with Gasteiger partial charge in [-0.2, -0.15) is 0 Å². The number of amides is 2. The van der Waals surface area contributed by atoms with Gasteiger partial charge in [0, 0.05) is 18.7 Å². The van der Waals surface area contributed by atoms with Crippen LogP contribution in [0.2, 0.25) is 0 Å². The molecule has 8 heteroatoms. The largest absolute Gasteiger partial charge is 0.398 e. The molecule has 0 bridgehead atoms. The van der Waals surface area contributed by atoms with Crippen molar-refractivity contribution in [3.8, 4) is 0 Å². The Morgan fingerprint density at radius 2 is 2.09 bits per heavy atom. The molecule has 2 amide bonds. The van der Waals surface area contributed by atoms with Crippen LogP contribution in [0.3, 0.4) is 0 Å². The second-order valence-electron chi connectivity index (χ2n) is 5.79. The second-order valence-corrected chi connectivity index (χ2v) is 5.79. The van der Waals surface area contributed by atoms with Crippen molar-refractivity contribution in [3.63, 3.8) is 0 Å². The second kappa shape index (κ2) is 6.25. The minimum absolute atomic E-state index is 0.257. The lowest BCUT2D eigenvalue weighted by Gasteiger charge is -2.35. The number of anilines is 1. The summed E-state index contributed by atoms with van der Waals surface area (Å²) in [5.41, 5.74) is 6.73. The third kappa shape index (κ3) is 2.93. The van der Waals surface area contributed by atoms with E-state index in [0.29, 0.717) is 30.8 Å². The molecule has 1 aromatic carbocycles. The number of nitrogen functional groups attached to an aromatic ring is 1. The summed E-state index contributed by atoms with van der Waals surface area (Å²) in [6, 6.07) is 4.88. The summed E-state index contributed by atoms with van der Waals surface area (Å²) in [5.74, 6) is -0.792. The van der Waals surface area contributed by atoms with Crippen molar-refractivity contribution in [2.24, 2.45) is 0 Å². The Kier molecular flexibility index (Phi) is 4.31. The molecule has 124 valence electrons. The minimum Gasteiger partial charge on any atom is -0.398 e. The molecule has 2 heterocycles. The number of hydrogen-bond acceptors (Lipinski definition) is 7. The number of nitrogens with two attached hydrogens (primary N) is 1. The van der Waals surface area contributed by atoms with Crippen molar-refractivity contribution in [2.45, 2.75) is 12.6 Å². The zero-order valence-electron chi connectivity index (χ0n) is 13.2. The number of carbonyl (C=O) groups excluding carboxylic acids is 2. The highest BCUT2D eigenvalue weighted by Gasteiger charge is 2.43. The molecule has 8 nitrogen and oxygen atoms in total. The highest BCUT2D eigenvalue weighted by Crippen LogP contribution is 2.31. The Labute approximate surface area is 134 Å². The van der Waals surface area contributed by atoms with E-state index in [-0.39, 0.29) is 11.5 Å². The molecule has 2 N–H and O–H groups in total. The average molecular weight is 320 g/mol. The van der Waals surface area contributed by atoms with E-state index in [1.807, 2.05) is 19.0 Å². The van der Waals surface area contributed by atoms with E-state index in [0.717, 1.165) is 11.4 Å². The molecule has 1 unspecified atom stereocenters. The third-order valence-electron chi connectivity index (χ3n) is 3.84. The Morgan fingerprint density at radius 1 is 1.30 bits per heavy atom. The smallest absolute Gasteiger partial charge is 0.265 e. The van der Waals surface area contributed by atoms with Crippen LogP contribution in [0.5, 0.6) is 0 Å². The molecule has 0 aliphatic carbocycles. The summed E-state index contributed by atoms with van der Waals surface area (Å²) < 4.78 is 0. The maximum Gasteiger partial charge on any atom is 0.265 e. The lowest BCUT2D eigenvalue weighted by atomic mass is 10.1. The standard InChI is InChI=1S/C15H20N4O4/c1-17(2)7-8-18-22-9-6-12(23-18)19-14(20)10-4-3-5-11(16)13(10)15(19)21/h3-5,12H,6-9,16H2,1-2H3. The van der Waals surface area contributed by atoms with Crippen molar-refractivity contribution in [2.75, 3.05) is 39.5 Å². The van der Waals surface area contributed by atoms with Crippen molar-refractivity contribution in [3.05, 3.63) is 29.3 Å². The van der Waals surface area contributed by atoms with Crippen LogP contribution in [-0.2, 0) is 9.68 Å². The van der Waals surface area contributed by atoms with E-state index in [2.05, 4.69) is 0 Å². The van der Waals surface area contributed by atoms with Gasteiger partial charge in [-0.25, -0.2) is 9.74 Å². The topological polar surface area (TPSA) is 88.3 Å². The van der Waals surface area contributed by atoms with E-state index >= 15 is 0 Å². The molecule has 1 atom stereocenters. The highest BCUT2D eigenvalue weighted by atomic mass is 17.0. The molecule has 1 aromatic rings. The Bertz CT molecular complexity index is 634. The maximum atomic E-state index is 12.6. The van der Waals surface area contributed by atoms with Gasteiger partial charge in [0.15, 0.2) is 6.23 Å². The van der Waals surface area contributed by atoms with Gasteiger partial charge < -0.3 is 10.6 Å². The zero-order valence-corrected chi connectivity index (χ0v) is 13.2. The molecule has 0 saturated carbocycles. The first-order valence-electron chi connectivity index (χ1n) is 7.47. The molecular formula is C15H20N4O4. The Hall–Kier alpha value is -2.00. The summed E-state index contributed by atoms with van der Waals surface area (Å²) in [7, 11) is 3.88. The van der Waals surface area contributed by atoms with Crippen LogP contribution in [0, 0.1) is 0 Å². The lowest BCUT2D eigenvalue weighted by molar-refractivity contribution is -0.424. The van der Waals surface area contributed by atoms with E-state index in [1.165, 1.54) is 5.23 Å². The van der Waals surface area contributed by atoms with E-state index < -0.39 is 12.1 Å². The van der Waals surface area contributed by atoms with Crippen LogP contribution in [0.25, 0.3) is 0 Å². The number of hydroxylamine groups is 2. The summed E-state index contributed by atoms with van der Waals surface area (Å²) in [6.07, 6.45) is -0.262. The van der Waals surface area contributed by atoms with Crippen molar-refractivity contribution < 1.29 is 19.3 Å². The normalized spacial score (nSPS) is 22.0. The van der Waals surface area contributed by atoms with E-state index in [4.69, 9.17) is 15.4 Å². The van der Waals surface area contributed by atoms with Gasteiger partial charge in [0.05, 0.1) is 24.3 Å². The van der Waals surface area contributed by atoms with Gasteiger partial charge in [-0.1, -0.05) is 11.3 Å². The van der Waals surface area contributed by atoms with Crippen LogP contribution >= 0.6 is 0 Å². The Balaban J connectivity index is 1.76. The fraction of sp³-hybridized carbons (Fsp3) is 0.467. The van der Waals surface area contributed by atoms with Gasteiger partial charge in [-0.05, 0) is 26.2 Å². The molecule has 1 fully saturated rings. The fourth-order valence-corrected chi connectivity index (χ4v) is 2.64. The first-order chi connectivity index (χ1) is 11.0. The van der Waals surface area contributed by atoms with Crippen LogP contribution < -0.4 is 5.73 Å². The number of likely N-dealkylation sites (N-methyl/N-ethyl adjacent to an activating group) is 1. The molecule has 0 aromatic heterocycles. The average Bonchev–Trinajstić information content (AvgIpc) is 2.78. The number of benzene rings is 1. The number of carbonyl (C=O) groups is 2. The molecule has 0 radical (unpaired) electrons. The first-order valence-corrected chi connectivity index (χ1v) is 7.47. The summed E-state index contributed by atoms with van der Waals surface area (Å²) in [5, 5.41) is 1.33. The maximum absolute atomic E-state index is 12.6. The fourth-order valence-electron chi connectivity index (χ4n) is 2.64. The monoisotopic (exact) mass is 320 g/mol. The molecule has 3 rings (SSSR count). The van der Waals surface area contributed by atoms with E-state index in [9.17, 15) is 9.59 Å². The number of nitrogens with zero attached hydrogens (tertiary/aromatic N) is 3. The number of hydrogen-bond donors (Lipinski definition) is 1. The van der Waals surface area contributed by atoms with Gasteiger partial charge in [-0.15, -0.1) is 0 Å². The quantitative estimate of drug-likeness (QED) is 0.631. The predicted octanol–water partition coefficient (Wildman–Crippen LogP) is 0.321.